The van der Waals surface area contributed by atoms with Gasteiger partial charge in [0.1, 0.15) is 4.90 Å². The SMILES string of the molecule is CC(CO)Nc1ccc(S(N)(=O)=O)c(N)c1. The summed E-state index contributed by atoms with van der Waals surface area (Å²) in [5.41, 5.74) is 6.28. The number of hydrogen-bond acceptors (Lipinski definition) is 5. The fourth-order valence-corrected chi connectivity index (χ4v) is 1.87. The quantitative estimate of drug-likeness (QED) is 0.543. The molecule has 16 heavy (non-hydrogen) atoms. The summed E-state index contributed by atoms with van der Waals surface area (Å²) in [6.45, 7) is 1.75. The lowest BCUT2D eigenvalue weighted by atomic mass is 10.2. The molecule has 1 rings (SSSR count). The normalized spacial score (nSPS) is 13.4. The monoisotopic (exact) mass is 245 g/mol. The number of rotatable bonds is 4. The van der Waals surface area contributed by atoms with Crippen LogP contribution in [0.15, 0.2) is 23.1 Å². The molecule has 6 nitrogen and oxygen atoms in total. The molecular weight excluding hydrogens is 230 g/mol. The fourth-order valence-electron chi connectivity index (χ4n) is 1.23. The molecule has 7 heteroatoms. The van der Waals surface area contributed by atoms with Gasteiger partial charge >= 0.3 is 0 Å². The Morgan fingerprint density at radius 2 is 2.12 bits per heavy atom. The van der Waals surface area contributed by atoms with E-state index in [-0.39, 0.29) is 23.2 Å². The second-order valence-electron chi connectivity index (χ2n) is 3.53. The summed E-state index contributed by atoms with van der Waals surface area (Å²) in [5.74, 6) is 0. The molecule has 0 aliphatic rings. The van der Waals surface area contributed by atoms with E-state index in [0.717, 1.165) is 0 Å². The van der Waals surface area contributed by atoms with E-state index in [0.29, 0.717) is 5.69 Å². The van der Waals surface area contributed by atoms with Crippen molar-refractivity contribution in [3.8, 4) is 0 Å². The molecule has 6 N–H and O–H groups in total. The van der Waals surface area contributed by atoms with Crippen LogP contribution in [0.3, 0.4) is 0 Å². The minimum atomic E-state index is -3.79. The molecule has 0 saturated heterocycles. The van der Waals surface area contributed by atoms with Gasteiger partial charge in [0.2, 0.25) is 10.0 Å². The highest BCUT2D eigenvalue weighted by atomic mass is 32.2. The molecule has 0 aliphatic heterocycles. The number of nitrogens with two attached hydrogens (primary N) is 2. The molecule has 0 aliphatic carbocycles. The van der Waals surface area contributed by atoms with Crippen molar-refractivity contribution in [3.05, 3.63) is 18.2 Å². The van der Waals surface area contributed by atoms with Crippen molar-refractivity contribution in [2.75, 3.05) is 17.7 Å². The minimum Gasteiger partial charge on any atom is -0.398 e. The van der Waals surface area contributed by atoms with Gasteiger partial charge in [0.05, 0.1) is 12.3 Å². The van der Waals surface area contributed by atoms with Crippen LogP contribution >= 0.6 is 0 Å². The molecule has 1 atom stereocenters. The smallest absolute Gasteiger partial charge is 0.240 e. The van der Waals surface area contributed by atoms with Gasteiger partial charge in [-0.25, -0.2) is 13.6 Å². The van der Waals surface area contributed by atoms with Crippen molar-refractivity contribution in [1.29, 1.82) is 0 Å². The van der Waals surface area contributed by atoms with Crippen molar-refractivity contribution >= 4 is 21.4 Å². The molecule has 0 spiro atoms. The number of aliphatic hydroxyl groups excluding tert-OH is 1. The average molecular weight is 245 g/mol. The van der Waals surface area contributed by atoms with Gasteiger partial charge in [-0.2, -0.15) is 0 Å². The van der Waals surface area contributed by atoms with Gasteiger partial charge in [-0.3, -0.25) is 0 Å². The lowest BCUT2D eigenvalue weighted by Crippen LogP contribution is -2.20. The highest BCUT2D eigenvalue weighted by Gasteiger charge is 2.12. The number of aliphatic hydroxyl groups is 1. The zero-order valence-electron chi connectivity index (χ0n) is 8.84. The maximum Gasteiger partial charge on any atom is 0.240 e. The van der Waals surface area contributed by atoms with Gasteiger partial charge in [-0.1, -0.05) is 0 Å². The number of benzene rings is 1. The maximum absolute atomic E-state index is 11.1. The molecule has 0 heterocycles. The van der Waals surface area contributed by atoms with E-state index in [4.69, 9.17) is 16.0 Å². The Kier molecular flexibility index (Phi) is 3.74. The predicted molar refractivity (Wildman–Crippen MR) is 62.4 cm³/mol. The summed E-state index contributed by atoms with van der Waals surface area (Å²) in [4.78, 5) is -0.102. The molecule has 90 valence electrons. The number of nitrogens with one attached hydrogen (secondary N) is 1. The summed E-state index contributed by atoms with van der Waals surface area (Å²) in [6, 6.07) is 4.20. The van der Waals surface area contributed by atoms with Crippen molar-refractivity contribution in [2.45, 2.75) is 17.9 Å². The molecule has 0 radical (unpaired) electrons. The van der Waals surface area contributed by atoms with E-state index < -0.39 is 10.0 Å². The Labute approximate surface area is 94.3 Å². The second-order valence-corrected chi connectivity index (χ2v) is 5.06. The third kappa shape index (κ3) is 3.09. The van der Waals surface area contributed by atoms with Gasteiger partial charge in [-0.15, -0.1) is 0 Å². The van der Waals surface area contributed by atoms with E-state index in [2.05, 4.69) is 5.32 Å². The predicted octanol–water partition coefficient (Wildman–Crippen LogP) is -0.291. The van der Waals surface area contributed by atoms with Crippen molar-refractivity contribution < 1.29 is 13.5 Å². The van der Waals surface area contributed by atoms with E-state index in [1.54, 1.807) is 13.0 Å². The summed E-state index contributed by atoms with van der Waals surface area (Å²) in [5, 5.41) is 16.8. The van der Waals surface area contributed by atoms with Crippen molar-refractivity contribution in [2.24, 2.45) is 5.14 Å². The third-order valence-electron chi connectivity index (χ3n) is 2.00. The van der Waals surface area contributed by atoms with Crippen LogP contribution in [0.1, 0.15) is 6.92 Å². The molecule has 1 aromatic carbocycles. The van der Waals surface area contributed by atoms with Crippen molar-refractivity contribution in [1.82, 2.24) is 0 Å². The van der Waals surface area contributed by atoms with Crippen LogP contribution in [-0.2, 0) is 10.0 Å². The van der Waals surface area contributed by atoms with E-state index in [9.17, 15) is 8.42 Å². The molecule has 0 fully saturated rings. The van der Waals surface area contributed by atoms with E-state index >= 15 is 0 Å². The Balaban J connectivity index is 3.01. The number of nitrogen functional groups attached to an aromatic ring is 1. The molecule has 1 unspecified atom stereocenters. The maximum atomic E-state index is 11.1. The Morgan fingerprint density at radius 1 is 1.50 bits per heavy atom. The van der Waals surface area contributed by atoms with Gasteiger partial charge in [-0.05, 0) is 25.1 Å². The van der Waals surface area contributed by atoms with Gasteiger partial charge < -0.3 is 16.2 Å². The largest absolute Gasteiger partial charge is 0.398 e. The first-order valence-electron chi connectivity index (χ1n) is 4.64. The van der Waals surface area contributed by atoms with Crippen LogP contribution in [0.4, 0.5) is 11.4 Å². The topological polar surface area (TPSA) is 118 Å². The molecule has 0 bridgehead atoms. The first-order chi connectivity index (χ1) is 7.34. The Morgan fingerprint density at radius 3 is 2.56 bits per heavy atom. The van der Waals surface area contributed by atoms with Crippen LogP contribution < -0.4 is 16.2 Å². The van der Waals surface area contributed by atoms with Crippen LogP contribution in [0.2, 0.25) is 0 Å². The minimum absolute atomic E-state index is 0.0309. The zero-order chi connectivity index (χ0) is 12.3. The summed E-state index contributed by atoms with van der Waals surface area (Å²) < 4.78 is 22.2. The van der Waals surface area contributed by atoms with Crippen LogP contribution in [0.5, 0.6) is 0 Å². The Hall–Kier alpha value is -1.31. The zero-order valence-corrected chi connectivity index (χ0v) is 9.66. The molecule has 0 amide bonds. The summed E-state index contributed by atoms with van der Waals surface area (Å²) in [6.07, 6.45) is 0. The molecule has 0 aromatic heterocycles. The number of primary sulfonamides is 1. The van der Waals surface area contributed by atoms with Crippen LogP contribution in [-0.4, -0.2) is 26.2 Å². The molecular formula is C9H15N3O3S. The number of sulfonamides is 1. The van der Waals surface area contributed by atoms with Gasteiger partial charge in [0.25, 0.3) is 0 Å². The number of hydrogen-bond donors (Lipinski definition) is 4. The van der Waals surface area contributed by atoms with E-state index in [1.807, 2.05) is 0 Å². The van der Waals surface area contributed by atoms with Crippen molar-refractivity contribution in [3.63, 3.8) is 0 Å². The van der Waals surface area contributed by atoms with Gasteiger partial charge in [0.15, 0.2) is 0 Å². The second kappa shape index (κ2) is 4.69. The highest BCUT2D eigenvalue weighted by Crippen LogP contribution is 2.21. The van der Waals surface area contributed by atoms with Crippen LogP contribution in [0, 0.1) is 0 Å². The van der Waals surface area contributed by atoms with E-state index in [1.165, 1.54) is 12.1 Å². The first kappa shape index (κ1) is 12.8. The third-order valence-corrected chi connectivity index (χ3v) is 2.99. The standard InChI is InChI=1S/C9H15N3O3S/c1-6(5-13)12-7-2-3-9(8(10)4-7)16(11,14)15/h2-4,6,12-13H,5,10H2,1H3,(H2,11,14,15). The lowest BCUT2D eigenvalue weighted by Gasteiger charge is -2.13. The first-order valence-corrected chi connectivity index (χ1v) is 6.19. The fraction of sp³-hybridized carbons (Fsp3) is 0.333. The van der Waals surface area contributed by atoms with Crippen LogP contribution in [0.25, 0.3) is 0 Å². The highest BCUT2D eigenvalue weighted by molar-refractivity contribution is 7.89. The molecule has 1 aromatic rings. The summed E-state index contributed by atoms with van der Waals surface area (Å²) in [7, 11) is -3.79. The Bertz CT molecular complexity index is 473. The molecule has 0 saturated carbocycles. The number of anilines is 2. The summed E-state index contributed by atoms with van der Waals surface area (Å²) >= 11 is 0. The average Bonchev–Trinajstić information content (AvgIpc) is 2.15. The lowest BCUT2D eigenvalue weighted by molar-refractivity contribution is 0.281. The van der Waals surface area contributed by atoms with Gasteiger partial charge in [0, 0.05) is 11.7 Å².